The van der Waals surface area contributed by atoms with Gasteiger partial charge in [-0.2, -0.15) is 0 Å². The third-order valence-electron chi connectivity index (χ3n) is 2.51. The maximum absolute atomic E-state index is 12.0. The third kappa shape index (κ3) is 3.14. The number of fused-ring (bicyclic) bond motifs is 1. The van der Waals surface area contributed by atoms with E-state index in [1.54, 1.807) is 20.8 Å². The number of ether oxygens (including phenoxy) is 1. The summed E-state index contributed by atoms with van der Waals surface area (Å²) < 4.78 is 10.1. The number of carbonyl (C=O) groups excluding carboxylic acids is 1. The number of phenolic OH excluding ortho intramolecular Hbond substituents is 1. The number of phenols is 1. The Labute approximate surface area is 130 Å². The topological polar surface area (TPSA) is 76.7 Å². The van der Waals surface area contributed by atoms with Gasteiger partial charge < -0.3 is 14.3 Å². The number of halogens is 2. The summed E-state index contributed by atoms with van der Waals surface area (Å²) in [5.74, 6) is -1.20. The van der Waals surface area contributed by atoms with Crippen LogP contribution in [0.2, 0.25) is 10.0 Å². The smallest absolute Gasteiger partial charge is 0.351 e. The Morgan fingerprint density at radius 1 is 1.29 bits per heavy atom. The van der Waals surface area contributed by atoms with Gasteiger partial charge in [-0.3, -0.25) is 0 Å². The Hall–Kier alpha value is -1.72. The van der Waals surface area contributed by atoms with Crippen LogP contribution in [0.25, 0.3) is 11.0 Å². The molecule has 2 aromatic rings. The van der Waals surface area contributed by atoms with E-state index in [0.29, 0.717) is 5.39 Å². The van der Waals surface area contributed by atoms with Gasteiger partial charge in [0.05, 0.1) is 5.02 Å². The Morgan fingerprint density at radius 2 is 1.90 bits per heavy atom. The molecule has 0 amide bonds. The van der Waals surface area contributed by atoms with E-state index in [2.05, 4.69) is 0 Å². The van der Waals surface area contributed by atoms with E-state index >= 15 is 0 Å². The number of benzene rings is 1. The molecule has 0 aliphatic carbocycles. The molecule has 7 heteroatoms. The van der Waals surface area contributed by atoms with Crippen LogP contribution in [0.3, 0.4) is 0 Å². The van der Waals surface area contributed by atoms with Crippen molar-refractivity contribution in [2.45, 2.75) is 26.4 Å². The number of hydrogen-bond donors (Lipinski definition) is 1. The predicted molar refractivity (Wildman–Crippen MR) is 79.3 cm³/mol. The lowest BCUT2D eigenvalue weighted by Gasteiger charge is -2.19. The van der Waals surface area contributed by atoms with Crippen LogP contribution in [-0.2, 0) is 4.74 Å². The fourth-order valence-corrected chi connectivity index (χ4v) is 2.17. The summed E-state index contributed by atoms with van der Waals surface area (Å²) in [6, 6.07) is 2.61. The van der Waals surface area contributed by atoms with Crippen LogP contribution >= 0.6 is 23.2 Å². The zero-order valence-corrected chi connectivity index (χ0v) is 13.0. The summed E-state index contributed by atoms with van der Waals surface area (Å²) in [5.41, 5.74) is -1.96. The quantitative estimate of drug-likeness (QED) is 0.636. The van der Waals surface area contributed by atoms with Gasteiger partial charge in [-0.05, 0) is 32.9 Å². The second-order valence-electron chi connectivity index (χ2n) is 5.39. The van der Waals surface area contributed by atoms with Crippen molar-refractivity contribution in [1.29, 1.82) is 0 Å². The van der Waals surface area contributed by atoms with Gasteiger partial charge in [0.15, 0.2) is 11.3 Å². The lowest BCUT2D eigenvalue weighted by Crippen LogP contribution is -2.27. The normalized spacial score (nSPS) is 11.7. The van der Waals surface area contributed by atoms with E-state index < -0.39 is 17.2 Å². The highest BCUT2D eigenvalue weighted by Gasteiger charge is 2.23. The highest BCUT2D eigenvalue weighted by molar-refractivity contribution is 6.40. The molecule has 1 aromatic heterocycles. The van der Waals surface area contributed by atoms with Gasteiger partial charge in [0.25, 0.3) is 0 Å². The number of aromatic hydroxyl groups is 1. The van der Waals surface area contributed by atoms with Crippen LogP contribution in [0.15, 0.2) is 21.3 Å². The molecule has 0 saturated carbocycles. The van der Waals surface area contributed by atoms with Crippen molar-refractivity contribution in [2.24, 2.45) is 0 Å². The van der Waals surface area contributed by atoms with Crippen LogP contribution in [-0.4, -0.2) is 16.7 Å². The van der Waals surface area contributed by atoms with E-state index in [1.807, 2.05) is 0 Å². The summed E-state index contributed by atoms with van der Waals surface area (Å²) in [7, 11) is 0. The largest absolute Gasteiger partial charge is 0.505 e. The molecule has 0 radical (unpaired) electrons. The number of carbonyl (C=O) groups is 1. The molecule has 0 saturated heterocycles. The Kier molecular flexibility index (Phi) is 3.91. The molecule has 1 aromatic carbocycles. The van der Waals surface area contributed by atoms with Gasteiger partial charge in [-0.25, -0.2) is 9.59 Å². The molecule has 1 N–H and O–H groups in total. The summed E-state index contributed by atoms with van der Waals surface area (Å²) in [6.07, 6.45) is 0. The van der Waals surface area contributed by atoms with Crippen LogP contribution in [0.5, 0.6) is 5.75 Å². The fraction of sp³-hybridized carbons (Fsp3) is 0.286. The van der Waals surface area contributed by atoms with Crippen molar-refractivity contribution in [2.75, 3.05) is 0 Å². The van der Waals surface area contributed by atoms with Gasteiger partial charge in [0.1, 0.15) is 16.2 Å². The number of rotatable bonds is 1. The molecule has 21 heavy (non-hydrogen) atoms. The molecular formula is C14H12Cl2O5. The van der Waals surface area contributed by atoms with Crippen LogP contribution in [0, 0.1) is 0 Å². The molecule has 112 valence electrons. The van der Waals surface area contributed by atoms with Gasteiger partial charge >= 0.3 is 11.6 Å². The zero-order chi connectivity index (χ0) is 15.9. The van der Waals surface area contributed by atoms with Crippen molar-refractivity contribution in [3.8, 4) is 5.75 Å². The molecule has 0 spiro atoms. The molecule has 0 bridgehead atoms. The fourth-order valence-electron chi connectivity index (χ4n) is 1.66. The van der Waals surface area contributed by atoms with Crippen LogP contribution in [0.4, 0.5) is 0 Å². The second-order valence-corrected chi connectivity index (χ2v) is 6.17. The maximum Gasteiger partial charge on any atom is 0.351 e. The average Bonchev–Trinajstić information content (AvgIpc) is 2.34. The molecule has 0 unspecified atom stereocenters. The van der Waals surface area contributed by atoms with Crippen molar-refractivity contribution in [3.05, 3.63) is 38.2 Å². The van der Waals surface area contributed by atoms with Crippen molar-refractivity contribution < 1.29 is 19.1 Å². The van der Waals surface area contributed by atoms with E-state index in [1.165, 1.54) is 12.1 Å². The van der Waals surface area contributed by atoms with Crippen molar-refractivity contribution in [1.82, 2.24) is 0 Å². The molecule has 0 atom stereocenters. The first-order chi connectivity index (χ1) is 9.60. The minimum atomic E-state index is -0.902. The average molecular weight is 331 g/mol. The first-order valence-corrected chi connectivity index (χ1v) is 6.74. The van der Waals surface area contributed by atoms with E-state index in [9.17, 15) is 14.7 Å². The van der Waals surface area contributed by atoms with Crippen LogP contribution in [0.1, 0.15) is 31.1 Å². The van der Waals surface area contributed by atoms with E-state index in [4.69, 9.17) is 32.4 Å². The Morgan fingerprint density at radius 3 is 2.48 bits per heavy atom. The van der Waals surface area contributed by atoms with Crippen molar-refractivity contribution in [3.63, 3.8) is 0 Å². The molecular weight excluding hydrogens is 319 g/mol. The highest BCUT2D eigenvalue weighted by Crippen LogP contribution is 2.37. The minimum Gasteiger partial charge on any atom is -0.505 e. The summed E-state index contributed by atoms with van der Waals surface area (Å²) in [5, 5.41) is 9.71. The summed E-state index contributed by atoms with van der Waals surface area (Å²) in [4.78, 5) is 23.8. The predicted octanol–water partition coefficient (Wildman–Crippen LogP) is 3.76. The van der Waals surface area contributed by atoms with Gasteiger partial charge in [-0.15, -0.1) is 0 Å². The number of hydrogen-bond acceptors (Lipinski definition) is 5. The van der Waals surface area contributed by atoms with E-state index in [0.717, 1.165) is 0 Å². The standard InChI is InChI=1S/C14H12Cl2O5/c1-14(2,3)21-13(19)7-4-6-5-8(15)10(17)9(16)11(6)20-12(7)18/h4-5,17H,1-3H3. The van der Waals surface area contributed by atoms with Crippen LogP contribution < -0.4 is 5.63 Å². The molecule has 2 rings (SSSR count). The van der Waals surface area contributed by atoms with Gasteiger partial charge in [0, 0.05) is 5.39 Å². The molecule has 0 aliphatic heterocycles. The third-order valence-corrected chi connectivity index (χ3v) is 3.15. The summed E-state index contributed by atoms with van der Waals surface area (Å²) in [6.45, 7) is 5.04. The first kappa shape index (κ1) is 15.7. The van der Waals surface area contributed by atoms with Gasteiger partial charge in [-0.1, -0.05) is 23.2 Å². The maximum atomic E-state index is 12.0. The summed E-state index contributed by atoms with van der Waals surface area (Å²) >= 11 is 11.7. The SMILES string of the molecule is CC(C)(C)OC(=O)c1cc2cc(Cl)c(O)c(Cl)c2oc1=O. The minimum absolute atomic E-state index is 0.0171. The zero-order valence-electron chi connectivity index (χ0n) is 11.5. The second kappa shape index (κ2) is 5.24. The number of esters is 1. The van der Waals surface area contributed by atoms with Gasteiger partial charge in [0.2, 0.25) is 0 Å². The molecule has 0 fully saturated rings. The highest BCUT2D eigenvalue weighted by atomic mass is 35.5. The lowest BCUT2D eigenvalue weighted by atomic mass is 10.1. The Balaban J connectivity index is 2.63. The Bertz CT molecular complexity index is 787. The first-order valence-electron chi connectivity index (χ1n) is 5.98. The molecule has 1 heterocycles. The lowest BCUT2D eigenvalue weighted by molar-refractivity contribution is 0.00654. The monoisotopic (exact) mass is 330 g/mol. The van der Waals surface area contributed by atoms with E-state index in [-0.39, 0.29) is 26.9 Å². The molecule has 0 aliphatic rings. The van der Waals surface area contributed by atoms with Crippen molar-refractivity contribution >= 4 is 40.1 Å². The molecule has 5 nitrogen and oxygen atoms in total.